The molecule has 0 saturated carbocycles. The number of H-pyrrole nitrogens is 1. The minimum atomic E-state index is -0.0486. The van der Waals surface area contributed by atoms with Crippen LogP contribution in [0.5, 0.6) is 0 Å². The predicted octanol–water partition coefficient (Wildman–Crippen LogP) is 3.68. The maximum absolute atomic E-state index is 12.2. The first kappa shape index (κ1) is 14.4. The van der Waals surface area contributed by atoms with Crippen LogP contribution in [-0.4, -0.2) is 20.9 Å². The number of para-hydroxylation sites is 3. The van der Waals surface area contributed by atoms with Crippen LogP contribution in [0.3, 0.4) is 0 Å². The van der Waals surface area contributed by atoms with Crippen molar-refractivity contribution in [3.05, 3.63) is 66.6 Å². The molecule has 4 rings (SSSR count). The summed E-state index contributed by atoms with van der Waals surface area (Å²) in [5.41, 5.74) is 3.54. The zero-order valence-electron chi connectivity index (χ0n) is 13.0. The van der Waals surface area contributed by atoms with Crippen molar-refractivity contribution in [2.75, 3.05) is 5.32 Å². The molecule has 0 atom stereocenters. The third kappa shape index (κ3) is 2.96. The summed E-state index contributed by atoms with van der Waals surface area (Å²) in [7, 11) is 0. The van der Waals surface area contributed by atoms with E-state index in [9.17, 15) is 4.79 Å². The van der Waals surface area contributed by atoms with Crippen LogP contribution in [0.25, 0.3) is 21.9 Å². The first-order valence-corrected chi connectivity index (χ1v) is 7.86. The highest BCUT2D eigenvalue weighted by atomic mass is 16.1. The van der Waals surface area contributed by atoms with Crippen LogP contribution >= 0.6 is 0 Å². The molecule has 1 amide bonds. The smallest absolute Gasteiger partial charge is 0.224 e. The van der Waals surface area contributed by atoms with E-state index in [1.807, 2.05) is 54.6 Å². The van der Waals surface area contributed by atoms with Crippen LogP contribution in [0.15, 0.2) is 60.8 Å². The minimum absolute atomic E-state index is 0.0486. The van der Waals surface area contributed by atoms with Crippen LogP contribution in [0, 0.1) is 0 Å². The largest absolute Gasteiger partial charge is 0.342 e. The van der Waals surface area contributed by atoms with Gasteiger partial charge in [-0.05, 0) is 24.3 Å². The first-order valence-electron chi connectivity index (χ1n) is 7.86. The van der Waals surface area contributed by atoms with E-state index in [-0.39, 0.29) is 5.91 Å². The molecule has 24 heavy (non-hydrogen) atoms. The second-order valence-electron chi connectivity index (χ2n) is 5.67. The molecule has 5 heteroatoms. The number of carbonyl (C=O) groups is 1. The Bertz CT molecular complexity index is 989. The molecule has 2 heterocycles. The fraction of sp³-hybridized carbons (Fsp3) is 0.105. The minimum Gasteiger partial charge on any atom is -0.342 e. The van der Waals surface area contributed by atoms with Crippen LogP contribution in [-0.2, 0) is 11.2 Å². The maximum atomic E-state index is 12.2. The number of amides is 1. The predicted molar refractivity (Wildman–Crippen MR) is 94.8 cm³/mol. The van der Waals surface area contributed by atoms with Crippen molar-refractivity contribution in [1.82, 2.24) is 15.0 Å². The number of nitrogens with zero attached hydrogens (tertiary/aromatic N) is 2. The highest BCUT2D eigenvalue weighted by molar-refractivity contribution is 5.93. The van der Waals surface area contributed by atoms with Crippen molar-refractivity contribution < 1.29 is 4.79 Å². The number of aromatic amines is 1. The lowest BCUT2D eigenvalue weighted by molar-refractivity contribution is -0.116. The Morgan fingerprint density at radius 1 is 1.04 bits per heavy atom. The maximum Gasteiger partial charge on any atom is 0.224 e. The molecule has 0 fully saturated rings. The number of rotatable bonds is 4. The SMILES string of the molecule is O=C(CCc1nc2ccccc2[nH]1)Nc1cnc2ccccc2c1. The Morgan fingerprint density at radius 3 is 2.71 bits per heavy atom. The molecule has 0 aliphatic rings. The number of nitrogens with one attached hydrogen (secondary N) is 2. The summed E-state index contributed by atoms with van der Waals surface area (Å²) in [6, 6.07) is 17.6. The number of aromatic nitrogens is 3. The van der Waals surface area contributed by atoms with Crippen molar-refractivity contribution in [3.63, 3.8) is 0 Å². The molecule has 118 valence electrons. The van der Waals surface area contributed by atoms with Gasteiger partial charge in [0.15, 0.2) is 0 Å². The standard InChI is InChI=1S/C19H16N4O/c24-19(10-9-18-22-16-7-3-4-8-17(16)23-18)21-14-11-13-5-1-2-6-15(13)20-12-14/h1-8,11-12H,9-10H2,(H,21,24)(H,22,23). The zero-order chi connectivity index (χ0) is 16.4. The quantitative estimate of drug-likeness (QED) is 0.603. The molecular formula is C19H16N4O. The van der Waals surface area contributed by atoms with Gasteiger partial charge in [-0.25, -0.2) is 4.98 Å². The van der Waals surface area contributed by atoms with E-state index in [1.54, 1.807) is 6.20 Å². The van der Waals surface area contributed by atoms with E-state index >= 15 is 0 Å². The van der Waals surface area contributed by atoms with Crippen LogP contribution in [0.4, 0.5) is 5.69 Å². The normalized spacial score (nSPS) is 11.0. The molecule has 0 aliphatic carbocycles. The number of imidazole rings is 1. The highest BCUT2D eigenvalue weighted by Gasteiger charge is 2.07. The van der Waals surface area contributed by atoms with Crippen molar-refractivity contribution in [3.8, 4) is 0 Å². The Hall–Kier alpha value is -3.21. The molecule has 0 spiro atoms. The summed E-state index contributed by atoms with van der Waals surface area (Å²) in [5, 5.41) is 3.90. The molecule has 2 aromatic carbocycles. The number of hydrogen-bond acceptors (Lipinski definition) is 3. The Balaban J connectivity index is 1.42. The number of anilines is 1. The van der Waals surface area contributed by atoms with Gasteiger partial charge in [-0.2, -0.15) is 0 Å². The van der Waals surface area contributed by atoms with Gasteiger partial charge >= 0.3 is 0 Å². The second kappa shape index (κ2) is 6.12. The fourth-order valence-electron chi connectivity index (χ4n) is 2.72. The first-order chi connectivity index (χ1) is 11.8. The van der Waals surface area contributed by atoms with E-state index in [0.29, 0.717) is 18.5 Å². The summed E-state index contributed by atoms with van der Waals surface area (Å²) < 4.78 is 0. The fourth-order valence-corrected chi connectivity index (χ4v) is 2.72. The Morgan fingerprint density at radius 2 is 1.83 bits per heavy atom. The molecule has 2 N–H and O–H groups in total. The van der Waals surface area contributed by atoms with E-state index in [1.165, 1.54) is 0 Å². The summed E-state index contributed by atoms with van der Waals surface area (Å²) in [6.45, 7) is 0. The Labute approximate surface area is 138 Å². The number of benzene rings is 2. The van der Waals surface area contributed by atoms with Crippen LogP contribution < -0.4 is 5.32 Å². The number of carbonyl (C=O) groups excluding carboxylic acids is 1. The van der Waals surface area contributed by atoms with Gasteiger partial charge in [0.05, 0.1) is 28.4 Å². The van der Waals surface area contributed by atoms with Gasteiger partial charge in [-0.3, -0.25) is 9.78 Å². The molecule has 0 bridgehead atoms. The van der Waals surface area contributed by atoms with Gasteiger partial charge in [-0.1, -0.05) is 30.3 Å². The number of aryl methyl sites for hydroxylation is 1. The number of fused-ring (bicyclic) bond motifs is 2. The van der Waals surface area contributed by atoms with Crippen LogP contribution in [0.1, 0.15) is 12.2 Å². The lowest BCUT2D eigenvalue weighted by atomic mass is 10.2. The zero-order valence-corrected chi connectivity index (χ0v) is 13.0. The Kier molecular flexibility index (Phi) is 3.67. The van der Waals surface area contributed by atoms with Crippen LogP contribution in [0.2, 0.25) is 0 Å². The van der Waals surface area contributed by atoms with Gasteiger partial charge in [0, 0.05) is 18.2 Å². The third-order valence-electron chi connectivity index (χ3n) is 3.90. The van der Waals surface area contributed by atoms with E-state index < -0.39 is 0 Å². The second-order valence-corrected chi connectivity index (χ2v) is 5.67. The molecule has 0 aliphatic heterocycles. The molecule has 0 unspecified atom stereocenters. The third-order valence-corrected chi connectivity index (χ3v) is 3.90. The molecule has 0 radical (unpaired) electrons. The lowest BCUT2D eigenvalue weighted by Crippen LogP contribution is -2.12. The topological polar surface area (TPSA) is 70.7 Å². The van der Waals surface area contributed by atoms with Crippen molar-refractivity contribution in [2.45, 2.75) is 12.8 Å². The summed E-state index contributed by atoms with van der Waals surface area (Å²) in [5.74, 6) is 0.774. The van der Waals surface area contributed by atoms with Gasteiger partial charge in [0.2, 0.25) is 5.91 Å². The molecule has 5 nitrogen and oxygen atoms in total. The van der Waals surface area contributed by atoms with E-state index in [4.69, 9.17) is 0 Å². The van der Waals surface area contributed by atoms with E-state index in [2.05, 4.69) is 20.3 Å². The average molecular weight is 316 g/mol. The lowest BCUT2D eigenvalue weighted by Gasteiger charge is -2.05. The van der Waals surface area contributed by atoms with Crippen molar-refractivity contribution >= 4 is 33.5 Å². The summed E-state index contributed by atoms with van der Waals surface area (Å²) >= 11 is 0. The molecular weight excluding hydrogens is 300 g/mol. The van der Waals surface area contributed by atoms with Crippen molar-refractivity contribution in [2.24, 2.45) is 0 Å². The molecule has 2 aromatic heterocycles. The highest BCUT2D eigenvalue weighted by Crippen LogP contribution is 2.16. The summed E-state index contributed by atoms with van der Waals surface area (Å²) in [6.07, 6.45) is 2.62. The molecule has 4 aromatic rings. The average Bonchev–Trinajstić information content (AvgIpc) is 3.03. The van der Waals surface area contributed by atoms with Gasteiger partial charge < -0.3 is 10.3 Å². The van der Waals surface area contributed by atoms with E-state index in [0.717, 1.165) is 27.8 Å². The van der Waals surface area contributed by atoms with Gasteiger partial charge in [0.25, 0.3) is 0 Å². The number of pyridine rings is 1. The summed E-state index contributed by atoms with van der Waals surface area (Å²) in [4.78, 5) is 24.2. The van der Waals surface area contributed by atoms with Gasteiger partial charge in [0.1, 0.15) is 5.82 Å². The van der Waals surface area contributed by atoms with Gasteiger partial charge in [-0.15, -0.1) is 0 Å². The molecule has 0 saturated heterocycles. The van der Waals surface area contributed by atoms with Crippen molar-refractivity contribution in [1.29, 1.82) is 0 Å². The number of hydrogen-bond donors (Lipinski definition) is 2. The monoisotopic (exact) mass is 316 g/mol.